The number of rotatable bonds is 4. The number of aryl methyl sites for hydroxylation is 1. The first-order valence-electron chi connectivity index (χ1n) is 8.97. The number of aromatic nitrogens is 4. The summed E-state index contributed by atoms with van der Waals surface area (Å²) in [7, 11) is 4.09. The van der Waals surface area contributed by atoms with Gasteiger partial charge in [-0.3, -0.25) is 9.58 Å². The molecule has 25 heavy (non-hydrogen) atoms. The molecule has 8 nitrogen and oxygen atoms in total. The molecule has 2 aliphatic heterocycles. The summed E-state index contributed by atoms with van der Waals surface area (Å²) in [5, 5.41) is 5.22. The molecule has 0 bridgehead atoms. The minimum absolute atomic E-state index is 0.0474. The molecule has 1 N–H and O–H groups in total. The second kappa shape index (κ2) is 6.61. The number of imidazole rings is 1. The maximum Gasteiger partial charge on any atom is 0.180 e. The molecule has 1 saturated heterocycles. The summed E-state index contributed by atoms with van der Waals surface area (Å²) in [6, 6.07) is 0. The number of hydrogen-bond donors (Lipinski definition) is 1. The third kappa shape index (κ3) is 3.19. The van der Waals surface area contributed by atoms with Crippen LogP contribution in [0.1, 0.15) is 13.3 Å². The van der Waals surface area contributed by atoms with E-state index in [1.165, 1.54) is 0 Å². The van der Waals surface area contributed by atoms with Crippen molar-refractivity contribution in [2.75, 3.05) is 39.8 Å². The van der Waals surface area contributed by atoms with Crippen LogP contribution in [0.3, 0.4) is 0 Å². The van der Waals surface area contributed by atoms with E-state index in [2.05, 4.69) is 45.0 Å². The summed E-state index contributed by atoms with van der Waals surface area (Å²) in [5.41, 5.74) is 1.79. The van der Waals surface area contributed by atoms with Crippen LogP contribution < -0.4 is 10.8 Å². The Balaban J connectivity index is 1.68. The summed E-state index contributed by atoms with van der Waals surface area (Å²) in [4.78, 5) is 20.3. The molecule has 0 aromatic carbocycles. The van der Waals surface area contributed by atoms with E-state index < -0.39 is 0 Å². The highest BCUT2D eigenvalue weighted by atomic mass is 15.5. The molecule has 1 unspecified atom stereocenters. The van der Waals surface area contributed by atoms with Gasteiger partial charge in [0.25, 0.3) is 0 Å². The van der Waals surface area contributed by atoms with Crippen LogP contribution in [0.2, 0.25) is 0 Å². The summed E-state index contributed by atoms with van der Waals surface area (Å²) in [5.74, 6) is 0.827. The van der Waals surface area contributed by atoms with Crippen LogP contribution in [0, 0.1) is 0 Å². The minimum Gasteiger partial charge on any atom is -0.342 e. The number of aromatic amines is 1. The molecule has 4 rings (SSSR count). The Kier molecular flexibility index (Phi) is 4.30. The maximum absolute atomic E-state index is 4.98. The second-order valence-corrected chi connectivity index (χ2v) is 6.91. The van der Waals surface area contributed by atoms with Crippen LogP contribution in [0.5, 0.6) is 0 Å². The van der Waals surface area contributed by atoms with E-state index >= 15 is 0 Å². The van der Waals surface area contributed by atoms with Gasteiger partial charge in [-0.1, -0.05) is 6.92 Å². The van der Waals surface area contributed by atoms with Gasteiger partial charge in [-0.15, -0.1) is 0 Å². The number of fused-ring (bicyclic) bond motifs is 1. The van der Waals surface area contributed by atoms with E-state index in [-0.39, 0.29) is 6.29 Å². The highest BCUT2D eigenvalue weighted by Gasteiger charge is 2.27. The van der Waals surface area contributed by atoms with Crippen molar-refractivity contribution >= 4 is 6.20 Å². The number of nitrogens with zero attached hydrogens (tertiary/aromatic N) is 7. The molecule has 0 radical (unpaired) electrons. The quantitative estimate of drug-likeness (QED) is 0.806. The van der Waals surface area contributed by atoms with Crippen LogP contribution in [-0.2, 0) is 7.05 Å². The number of likely N-dealkylation sites (N-methyl/N-ethyl adjacent to an activating group) is 1. The molecular weight excluding hydrogens is 316 g/mol. The summed E-state index contributed by atoms with van der Waals surface area (Å²) in [6.45, 7) is 7.43. The molecule has 0 saturated carbocycles. The molecular formula is C17H26N8. The zero-order chi connectivity index (χ0) is 17.4. The van der Waals surface area contributed by atoms with E-state index in [1.54, 1.807) is 4.68 Å². The normalized spacial score (nSPS) is 21.7. The average molecular weight is 342 g/mol. The first kappa shape index (κ1) is 16.3. The lowest BCUT2D eigenvalue weighted by molar-refractivity contribution is 0.0456. The first-order valence-corrected chi connectivity index (χ1v) is 8.97. The highest BCUT2D eigenvalue weighted by molar-refractivity contribution is 5.52. The Bertz CT molecular complexity index is 842. The molecule has 0 spiro atoms. The van der Waals surface area contributed by atoms with Crippen molar-refractivity contribution < 1.29 is 0 Å². The van der Waals surface area contributed by atoms with Crippen molar-refractivity contribution in [1.82, 2.24) is 34.4 Å². The number of hydrogen-bond acceptors (Lipinski definition) is 6. The molecule has 2 aromatic heterocycles. The van der Waals surface area contributed by atoms with Gasteiger partial charge in [-0.25, -0.2) is 9.98 Å². The topological polar surface area (TPSA) is 68.6 Å². The van der Waals surface area contributed by atoms with Crippen molar-refractivity contribution in [3.8, 4) is 11.4 Å². The van der Waals surface area contributed by atoms with Crippen molar-refractivity contribution in [2.45, 2.75) is 19.6 Å². The molecule has 1 fully saturated rings. The van der Waals surface area contributed by atoms with Crippen molar-refractivity contribution in [2.24, 2.45) is 12.0 Å². The van der Waals surface area contributed by atoms with Crippen molar-refractivity contribution in [3.05, 3.63) is 23.2 Å². The number of nitrogens with one attached hydrogen (secondary N) is 1. The number of H-pyrrole nitrogens is 1. The average Bonchev–Trinajstić information content (AvgIpc) is 3.21. The van der Waals surface area contributed by atoms with Crippen molar-refractivity contribution in [1.29, 1.82) is 0 Å². The lowest BCUT2D eigenvalue weighted by atomic mass is 10.3. The molecule has 1 atom stereocenters. The molecule has 8 heteroatoms. The first-order chi connectivity index (χ1) is 12.1. The highest BCUT2D eigenvalue weighted by Crippen LogP contribution is 2.15. The maximum atomic E-state index is 4.98. The lowest BCUT2D eigenvalue weighted by Gasteiger charge is -2.41. The molecule has 0 amide bonds. The van der Waals surface area contributed by atoms with Gasteiger partial charge in [0.1, 0.15) is 11.2 Å². The predicted molar refractivity (Wildman–Crippen MR) is 95.9 cm³/mol. The predicted octanol–water partition coefficient (Wildman–Crippen LogP) is -0.576. The van der Waals surface area contributed by atoms with Crippen LogP contribution in [0.4, 0.5) is 0 Å². The van der Waals surface area contributed by atoms with Gasteiger partial charge in [0, 0.05) is 52.2 Å². The largest absolute Gasteiger partial charge is 0.342 e. The van der Waals surface area contributed by atoms with E-state index in [4.69, 9.17) is 9.98 Å². The van der Waals surface area contributed by atoms with E-state index in [9.17, 15) is 0 Å². The van der Waals surface area contributed by atoms with Gasteiger partial charge in [0.2, 0.25) is 0 Å². The molecule has 4 heterocycles. The standard InChI is InChI=1S/C17H26N8/c1-4-5-25-12-14-16(20-15(19-14)13-10-18-23(3)11-13)21-17(25)24-8-6-22(2)7-9-24/h10-12,17H,4-9H2,1-3H3,(H,19,20,21). The smallest absolute Gasteiger partial charge is 0.180 e. The molecule has 0 aliphatic carbocycles. The summed E-state index contributed by atoms with van der Waals surface area (Å²) >= 11 is 0. The Hall–Kier alpha value is -2.19. The Morgan fingerprint density at radius 2 is 2.00 bits per heavy atom. The van der Waals surface area contributed by atoms with Crippen LogP contribution in [0.25, 0.3) is 17.6 Å². The molecule has 2 aromatic rings. The van der Waals surface area contributed by atoms with Crippen LogP contribution in [-0.4, -0.2) is 80.5 Å². The summed E-state index contributed by atoms with van der Waals surface area (Å²) in [6.07, 6.45) is 7.11. The van der Waals surface area contributed by atoms with Gasteiger partial charge in [-0.05, 0) is 13.5 Å². The zero-order valence-electron chi connectivity index (χ0n) is 15.2. The third-order valence-electron chi connectivity index (χ3n) is 4.87. The van der Waals surface area contributed by atoms with Gasteiger partial charge in [-0.2, -0.15) is 5.10 Å². The monoisotopic (exact) mass is 342 g/mol. The van der Waals surface area contributed by atoms with Gasteiger partial charge in [0.15, 0.2) is 11.8 Å². The van der Waals surface area contributed by atoms with E-state index in [1.807, 2.05) is 19.4 Å². The Morgan fingerprint density at radius 3 is 2.68 bits per heavy atom. The fourth-order valence-corrected chi connectivity index (χ4v) is 3.44. The Labute approximate surface area is 147 Å². The van der Waals surface area contributed by atoms with Gasteiger partial charge < -0.3 is 14.8 Å². The second-order valence-electron chi connectivity index (χ2n) is 6.91. The lowest BCUT2D eigenvalue weighted by Crippen LogP contribution is -2.56. The fraction of sp³-hybridized carbons (Fsp3) is 0.588. The minimum atomic E-state index is 0.0474. The van der Waals surface area contributed by atoms with Crippen LogP contribution in [0.15, 0.2) is 17.4 Å². The van der Waals surface area contributed by atoms with E-state index in [0.717, 1.165) is 61.4 Å². The zero-order valence-corrected chi connectivity index (χ0v) is 15.2. The molecule has 2 aliphatic rings. The Morgan fingerprint density at radius 1 is 1.20 bits per heavy atom. The SMILES string of the molecule is CCCN1C=c2[nH]c(-c3cnn(C)c3)nc2=NC1N1CCN(C)CC1. The third-order valence-corrected chi connectivity index (χ3v) is 4.87. The van der Waals surface area contributed by atoms with Gasteiger partial charge in [0.05, 0.1) is 11.8 Å². The molecule has 134 valence electrons. The number of piperazine rings is 1. The van der Waals surface area contributed by atoms with Crippen LogP contribution >= 0.6 is 0 Å². The van der Waals surface area contributed by atoms with E-state index in [0.29, 0.717) is 0 Å². The fourth-order valence-electron chi connectivity index (χ4n) is 3.44. The summed E-state index contributed by atoms with van der Waals surface area (Å²) < 4.78 is 1.79. The van der Waals surface area contributed by atoms with Crippen molar-refractivity contribution in [3.63, 3.8) is 0 Å². The van der Waals surface area contributed by atoms with Gasteiger partial charge >= 0.3 is 0 Å².